The van der Waals surface area contributed by atoms with E-state index in [1.54, 1.807) is 21.4 Å². The number of likely N-dealkylation sites (tertiary alicyclic amines) is 3. The molecule has 10 nitrogen and oxygen atoms in total. The first-order valence-electron chi connectivity index (χ1n) is 16.7. The van der Waals surface area contributed by atoms with Crippen molar-refractivity contribution in [2.75, 3.05) is 57.3 Å². The zero-order valence-corrected chi connectivity index (χ0v) is 28.6. The van der Waals surface area contributed by atoms with Crippen LogP contribution in [0.5, 0.6) is 0 Å². The zero-order valence-electron chi connectivity index (χ0n) is 27.8. The first-order chi connectivity index (χ1) is 22.5. The highest BCUT2D eigenvalue weighted by atomic mass is 35.5. The number of anilines is 1. The van der Waals surface area contributed by atoms with E-state index in [4.69, 9.17) is 16.3 Å². The third kappa shape index (κ3) is 7.49. The average molecular weight is 661 g/mol. The van der Waals surface area contributed by atoms with Gasteiger partial charge in [0.2, 0.25) is 5.91 Å². The minimum absolute atomic E-state index is 0.0324. The Kier molecular flexibility index (Phi) is 9.89. The molecule has 3 aromatic rings. The van der Waals surface area contributed by atoms with Crippen molar-refractivity contribution in [3.63, 3.8) is 0 Å². The molecule has 2 atom stereocenters. The molecule has 3 amide bonds. The average Bonchev–Trinajstić information content (AvgIpc) is 3.74. The maximum absolute atomic E-state index is 13.7. The molecule has 0 spiro atoms. The molecule has 0 bridgehead atoms. The lowest BCUT2D eigenvalue weighted by molar-refractivity contribution is -0.130. The fourth-order valence-electron chi connectivity index (χ4n) is 7.16. The minimum Gasteiger partial charge on any atom is -0.446 e. The second-order valence-corrected chi connectivity index (χ2v) is 13.8. The van der Waals surface area contributed by atoms with Gasteiger partial charge in [-0.3, -0.25) is 14.5 Å². The number of piperidine rings is 1. The molecule has 0 aliphatic carbocycles. The molecule has 250 valence electrons. The van der Waals surface area contributed by atoms with E-state index in [-0.39, 0.29) is 24.0 Å². The summed E-state index contributed by atoms with van der Waals surface area (Å²) in [6.45, 7) is 13.4. The quantitative estimate of drug-likeness (QED) is 0.317. The van der Waals surface area contributed by atoms with E-state index in [9.17, 15) is 14.4 Å². The molecule has 11 heteroatoms. The summed E-state index contributed by atoms with van der Waals surface area (Å²) in [5.41, 5.74) is 5.16. The van der Waals surface area contributed by atoms with E-state index in [0.29, 0.717) is 55.0 Å². The van der Waals surface area contributed by atoms with Gasteiger partial charge in [-0.1, -0.05) is 35.4 Å². The van der Waals surface area contributed by atoms with Crippen molar-refractivity contribution in [3.05, 3.63) is 76.1 Å². The first-order valence-corrected chi connectivity index (χ1v) is 17.1. The summed E-state index contributed by atoms with van der Waals surface area (Å²) in [5, 5.41) is 5.23. The van der Waals surface area contributed by atoms with Gasteiger partial charge in [-0.15, -0.1) is 0 Å². The maximum Gasteiger partial charge on any atom is 0.414 e. The third-order valence-corrected chi connectivity index (χ3v) is 10.3. The van der Waals surface area contributed by atoms with Gasteiger partial charge in [-0.25, -0.2) is 9.48 Å². The van der Waals surface area contributed by atoms with Crippen LogP contribution >= 0.6 is 11.6 Å². The number of amides is 3. The van der Waals surface area contributed by atoms with Gasteiger partial charge in [0, 0.05) is 76.3 Å². The Balaban J connectivity index is 1.03. The van der Waals surface area contributed by atoms with E-state index in [2.05, 4.69) is 10.00 Å². The lowest BCUT2D eigenvalue weighted by atomic mass is 10.0. The molecule has 3 saturated heterocycles. The van der Waals surface area contributed by atoms with Crippen LogP contribution in [-0.4, -0.2) is 101 Å². The highest BCUT2D eigenvalue weighted by molar-refractivity contribution is 6.31. The molecule has 47 heavy (non-hydrogen) atoms. The highest BCUT2D eigenvalue weighted by Gasteiger charge is 2.42. The van der Waals surface area contributed by atoms with Crippen LogP contribution in [-0.2, 0) is 9.53 Å². The van der Waals surface area contributed by atoms with Crippen molar-refractivity contribution in [3.8, 4) is 5.69 Å². The molecule has 0 radical (unpaired) electrons. The summed E-state index contributed by atoms with van der Waals surface area (Å²) < 4.78 is 7.72. The predicted molar refractivity (Wildman–Crippen MR) is 182 cm³/mol. The van der Waals surface area contributed by atoms with Crippen molar-refractivity contribution >= 4 is 35.2 Å². The minimum atomic E-state index is -0.376. The lowest BCUT2D eigenvalue weighted by Crippen LogP contribution is -2.43. The van der Waals surface area contributed by atoms with E-state index in [1.807, 2.05) is 74.2 Å². The van der Waals surface area contributed by atoms with Crippen molar-refractivity contribution in [1.82, 2.24) is 24.5 Å². The normalized spacial score (nSPS) is 20.0. The Hall–Kier alpha value is -3.89. The van der Waals surface area contributed by atoms with Gasteiger partial charge in [0.15, 0.2) is 0 Å². The molecular weight excluding hydrogens is 616 g/mol. The molecule has 2 unspecified atom stereocenters. The number of carbonyl (C=O) groups excluding carboxylic acids is 3. The number of benzene rings is 2. The monoisotopic (exact) mass is 660 g/mol. The summed E-state index contributed by atoms with van der Waals surface area (Å²) in [4.78, 5) is 46.8. The summed E-state index contributed by atoms with van der Waals surface area (Å²) in [7, 11) is 0. The lowest BCUT2D eigenvalue weighted by Gasteiger charge is -2.32. The molecule has 1 aromatic heterocycles. The van der Waals surface area contributed by atoms with Gasteiger partial charge in [-0.2, -0.15) is 5.10 Å². The Labute approximate surface area is 282 Å². The predicted octanol–water partition coefficient (Wildman–Crippen LogP) is 5.50. The second kappa shape index (κ2) is 14.1. The summed E-state index contributed by atoms with van der Waals surface area (Å²) in [6.07, 6.45) is 1.46. The number of halogens is 1. The number of fused-ring (bicyclic) bond motifs is 1. The molecule has 3 aliphatic heterocycles. The Bertz CT molecular complexity index is 1600. The molecule has 2 aromatic carbocycles. The topological polar surface area (TPSA) is 91.2 Å². The Morgan fingerprint density at radius 3 is 2.23 bits per heavy atom. The molecule has 0 saturated carbocycles. The van der Waals surface area contributed by atoms with Gasteiger partial charge >= 0.3 is 6.09 Å². The van der Waals surface area contributed by atoms with Crippen molar-refractivity contribution in [1.29, 1.82) is 0 Å². The molecule has 3 aliphatic rings. The summed E-state index contributed by atoms with van der Waals surface area (Å²) >= 11 is 6.45. The van der Waals surface area contributed by atoms with Gasteiger partial charge in [-0.05, 0) is 81.5 Å². The number of aromatic nitrogens is 2. The number of hydrogen-bond acceptors (Lipinski definition) is 6. The summed E-state index contributed by atoms with van der Waals surface area (Å²) in [6, 6.07) is 15.6. The van der Waals surface area contributed by atoms with Crippen LogP contribution in [0.1, 0.15) is 53.5 Å². The maximum atomic E-state index is 13.7. The molecular formula is C36H45ClN6O4. The van der Waals surface area contributed by atoms with E-state index < -0.39 is 0 Å². The largest absolute Gasteiger partial charge is 0.446 e. The number of ether oxygens (including phenoxy) is 1. The highest BCUT2D eigenvalue weighted by Crippen LogP contribution is 2.33. The van der Waals surface area contributed by atoms with Crippen molar-refractivity contribution < 1.29 is 19.1 Å². The second-order valence-electron chi connectivity index (χ2n) is 13.4. The van der Waals surface area contributed by atoms with Gasteiger partial charge in [0.1, 0.15) is 11.8 Å². The standard InChI is InChI=1S/C36H45ClN6O4/c1-24-6-9-30(10-7-24)43-34(18-26(3)38-43)35(45)41-22-28-20-39(21-29(28)23-41)14-5-15-42(31-11-8-25(2)33(37)19-31)36(46)47-32-12-16-40(17-13-32)27(4)44/h6-11,18-19,28-29,32H,5,12-17,20-23H2,1-4H3. The number of nitrogens with zero attached hydrogens (tertiary/aromatic N) is 6. The molecule has 4 heterocycles. The van der Waals surface area contributed by atoms with E-state index in [1.165, 1.54) is 0 Å². The number of carbonyl (C=O) groups is 3. The fraction of sp³-hybridized carbons (Fsp3) is 0.500. The van der Waals surface area contributed by atoms with E-state index in [0.717, 1.165) is 67.3 Å². The van der Waals surface area contributed by atoms with Crippen LogP contribution in [0.4, 0.5) is 10.5 Å². The van der Waals surface area contributed by atoms with Crippen molar-refractivity contribution in [2.24, 2.45) is 11.8 Å². The third-order valence-electron chi connectivity index (χ3n) is 9.88. The Morgan fingerprint density at radius 2 is 1.60 bits per heavy atom. The van der Waals surface area contributed by atoms with Crippen LogP contribution in [0.25, 0.3) is 5.69 Å². The van der Waals surface area contributed by atoms with Crippen molar-refractivity contribution in [2.45, 2.75) is 53.1 Å². The smallest absolute Gasteiger partial charge is 0.414 e. The fourth-order valence-corrected chi connectivity index (χ4v) is 7.33. The number of hydrogen-bond donors (Lipinski definition) is 0. The Morgan fingerprint density at radius 1 is 0.915 bits per heavy atom. The number of aryl methyl sites for hydroxylation is 3. The SMILES string of the molecule is CC(=O)N1CCC(OC(=O)N(CCCN2CC3CN(C(=O)c4cc(C)nn4-c4ccc(C)cc4)CC3C2)c2ccc(C)c(Cl)c2)CC1. The summed E-state index contributed by atoms with van der Waals surface area (Å²) in [5.74, 6) is 0.934. The first kappa shape index (κ1) is 33.0. The molecule has 3 fully saturated rings. The van der Waals surface area contributed by atoms with E-state index >= 15 is 0 Å². The van der Waals surface area contributed by atoms with Gasteiger partial charge in [0.05, 0.1) is 11.4 Å². The van der Waals surface area contributed by atoms with Crippen LogP contribution in [0.15, 0.2) is 48.5 Å². The van der Waals surface area contributed by atoms with Gasteiger partial charge in [0.25, 0.3) is 5.91 Å². The van der Waals surface area contributed by atoms with Gasteiger partial charge < -0.3 is 19.4 Å². The molecule has 0 N–H and O–H groups in total. The molecule has 6 rings (SSSR count). The zero-order chi connectivity index (χ0) is 33.2. The number of rotatable bonds is 8. The van der Waals surface area contributed by atoms with Crippen LogP contribution < -0.4 is 4.90 Å². The van der Waals surface area contributed by atoms with Crippen LogP contribution in [0, 0.1) is 32.6 Å². The van der Waals surface area contributed by atoms with Crippen LogP contribution in [0.2, 0.25) is 5.02 Å². The van der Waals surface area contributed by atoms with Crippen LogP contribution in [0.3, 0.4) is 0 Å².